The highest BCUT2D eigenvalue weighted by Crippen LogP contribution is 2.28. The van der Waals surface area contributed by atoms with E-state index in [0.29, 0.717) is 11.3 Å². The average molecular weight is 261 g/mol. The lowest BCUT2D eigenvalue weighted by Gasteiger charge is -2.08. The number of hydrogen-bond donors (Lipinski definition) is 0. The number of hydrogen-bond acceptors (Lipinski definition) is 2. The molecule has 0 N–H and O–H groups in total. The normalized spacial score (nSPS) is 12.3. The van der Waals surface area contributed by atoms with Crippen LogP contribution in [0.2, 0.25) is 0 Å². The highest BCUT2D eigenvalue weighted by Gasteiger charge is 2.17. The third-order valence-corrected chi connectivity index (χ3v) is 2.98. The second-order valence-corrected chi connectivity index (χ2v) is 3.78. The topological polar surface area (TPSA) is 26.3 Å². The van der Waals surface area contributed by atoms with E-state index in [1.807, 2.05) is 0 Å². The number of rotatable bonds is 3. The summed E-state index contributed by atoms with van der Waals surface area (Å²) in [4.78, 5) is 10.4. The molecular formula is C10H10BrFO2. The van der Waals surface area contributed by atoms with Gasteiger partial charge < -0.3 is 4.74 Å². The van der Waals surface area contributed by atoms with Crippen LogP contribution in [0.5, 0.6) is 5.75 Å². The molecule has 0 bridgehead atoms. The number of halogens is 2. The van der Waals surface area contributed by atoms with Crippen molar-refractivity contribution in [3.8, 4) is 5.75 Å². The number of benzene rings is 1. The molecule has 1 unspecified atom stereocenters. The minimum Gasteiger partial charge on any atom is -0.497 e. The zero-order valence-corrected chi connectivity index (χ0v) is 9.47. The lowest BCUT2D eigenvalue weighted by molar-refractivity contribution is -0.116. The molecule has 0 aromatic heterocycles. The summed E-state index contributed by atoms with van der Waals surface area (Å²) in [6, 6.07) is 4.41. The van der Waals surface area contributed by atoms with Crippen LogP contribution in [0.1, 0.15) is 17.3 Å². The van der Waals surface area contributed by atoms with Crippen molar-refractivity contribution in [2.45, 2.75) is 11.8 Å². The lowest BCUT2D eigenvalue weighted by atomic mass is 10.1. The van der Waals surface area contributed by atoms with Crippen LogP contribution in [0.4, 0.5) is 4.39 Å². The molecule has 0 aliphatic carbocycles. The van der Waals surface area contributed by atoms with Gasteiger partial charge in [-0.2, -0.15) is 0 Å². The second-order valence-electron chi connectivity index (χ2n) is 2.86. The molecule has 2 nitrogen and oxygen atoms in total. The molecule has 1 rings (SSSR count). The summed E-state index contributed by atoms with van der Waals surface area (Å²) in [7, 11) is 1.46. The second kappa shape index (κ2) is 4.55. The number of ketones is 1. The predicted molar refractivity (Wildman–Crippen MR) is 55.3 cm³/mol. The SMILES string of the molecule is COc1ccc(C(Br)C(C)=O)c(F)c1. The van der Waals surface area contributed by atoms with Crippen LogP contribution in [0, 0.1) is 5.82 Å². The summed E-state index contributed by atoms with van der Waals surface area (Å²) in [6.45, 7) is 1.41. The average Bonchev–Trinajstić information content (AvgIpc) is 2.16. The highest BCUT2D eigenvalue weighted by atomic mass is 79.9. The lowest BCUT2D eigenvalue weighted by Crippen LogP contribution is -2.03. The first kappa shape index (κ1) is 11.2. The van der Waals surface area contributed by atoms with Crippen molar-refractivity contribution < 1.29 is 13.9 Å². The molecule has 1 aromatic carbocycles. The minimum absolute atomic E-state index is 0.130. The third kappa shape index (κ3) is 2.32. The molecule has 0 radical (unpaired) electrons. The Kier molecular flexibility index (Phi) is 3.63. The van der Waals surface area contributed by atoms with E-state index in [4.69, 9.17) is 4.74 Å². The molecule has 0 spiro atoms. The number of carbonyl (C=O) groups is 1. The van der Waals surface area contributed by atoms with Crippen molar-refractivity contribution in [3.63, 3.8) is 0 Å². The highest BCUT2D eigenvalue weighted by molar-refractivity contribution is 9.09. The van der Waals surface area contributed by atoms with Gasteiger partial charge in [0.2, 0.25) is 0 Å². The molecule has 0 saturated carbocycles. The van der Waals surface area contributed by atoms with Gasteiger partial charge in [-0.3, -0.25) is 4.79 Å². The van der Waals surface area contributed by atoms with E-state index in [1.54, 1.807) is 6.07 Å². The Morgan fingerprint density at radius 2 is 2.21 bits per heavy atom. The van der Waals surface area contributed by atoms with Gasteiger partial charge in [0.25, 0.3) is 0 Å². The monoisotopic (exact) mass is 260 g/mol. The number of methoxy groups -OCH3 is 1. The first-order valence-corrected chi connectivity index (χ1v) is 4.95. The van der Waals surface area contributed by atoms with E-state index in [1.165, 1.54) is 26.2 Å². The van der Waals surface area contributed by atoms with Gasteiger partial charge in [0, 0.05) is 11.6 Å². The van der Waals surface area contributed by atoms with Crippen LogP contribution in [0.3, 0.4) is 0 Å². The summed E-state index contributed by atoms with van der Waals surface area (Å²) in [6.07, 6.45) is 0. The third-order valence-electron chi connectivity index (χ3n) is 1.84. The van der Waals surface area contributed by atoms with Crippen molar-refractivity contribution in [1.29, 1.82) is 0 Å². The van der Waals surface area contributed by atoms with Gasteiger partial charge in [-0.15, -0.1) is 0 Å². The Hall–Kier alpha value is -0.900. The van der Waals surface area contributed by atoms with Gasteiger partial charge in [0.15, 0.2) is 0 Å². The van der Waals surface area contributed by atoms with Crippen molar-refractivity contribution in [3.05, 3.63) is 29.6 Å². The maximum Gasteiger partial charge on any atom is 0.147 e. The van der Waals surface area contributed by atoms with Crippen LogP contribution >= 0.6 is 15.9 Å². The van der Waals surface area contributed by atoms with Gasteiger partial charge in [0.05, 0.1) is 7.11 Å². The Morgan fingerprint density at radius 1 is 1.57 bits per heavy atom. The summed E-state index contributed by atoms with van der Waals surface area (Å²) < 4.78 is 18.2. The minimum atomic E-state index is -0.589. The number of Topliss-reactive ketones (excluding diaryl/α,β-unsaturated/α-hetero) is 1. The van der Waals surface area contributed by atoms with Gasteiger partial charge >= 0.3 is 0 Å². The van der Waals surface area contributed by atoms with Crippen LogP contribution in [-0.2, 0) is 4.79 Å². The number of carbonyl (C=O) groups excluding carboxylic acids is 1. The largest absolute Gasteiger partial charge is 0.497 e. The van der Waals surface area contributed by atoms with Gasteiger partial charge in [-0.25, -0.2) is 4.39 Å². The van der Waals surface area contributed by atoms with Crippen molar-refractivity contribution in [1.82, 2.24) is 0 Å². The number of alkyl halides is 1. The molecular weight excluding hydrogens is 251 g/mol. The van der Waals surface area contributed by atoms with Crippen molar-refractivity contribution >= 4 is 21.7 Å². The fourth-order valence-corrected chi connectivity index (χ4v) is 1.43. The first-order valence-electron chi connectivity index (χ1n) is 4.04. The number of ether oxygens (including phenoxy) is 1. The summed E-state index contributed by atoms with van der Waals surface area (Å²) >= 11 is 3.12. The quantitative estimate of drug-likeness (QED) is 0.782. The maximum absolute atomic E-state index is 13.4. The molecule has 1 atom stereocenters. The molecule has 1 aromatic rings. The zero-order chi connectivity index (χ0) is 10.7. The van der Waals surface area contributed by atoms with E-state index < -0.39 is 10.6 Å². The van der Waals surface area contributed by atoms with Crippen LogP contribution in [-0.4, -0.2) is 12.9 Å². The standard InChI is InChI=1S/C10H10BrFO2/c1-6(13)10(11)8-4-3-7(14-2)5-9(8)12/h3-5,10H,1-2H3. The molecule has 0 fully saturated rings. The van der Waals surface area contributed by atoms with E-state index in [2.05, 4.69) is 15.9 Å². The molecule has 14 heavy (non-hydrogen) atoms. The molecule has 0 saturated heterocycles. The Labute approximate surface area is 90.2 Å². The maximum atomic E-state index is 13.4. The van der Waals surface area contributed by atoms with Crippen LogP contribution < -0.4 is 4.74 Å². The van der Waals surface area contributed by atoms with Gasteiger partial charge in [0.1, 0.15) is 22.2 Å². The summed E-state index contributed by atoms with van der Waals surface area (Å²) in [5.74, 6) is -0.134. The summed E-state index contributed by atoms with van der Waals surface area (Å²) in [5, 5.41) is 0. The van der Waals surface area contributed by atoms with Crippen LogP contribution in [0.25, 0.3) is 0 Å². The van der Waals surface area contributed by atoms with Crippen molar-refractivity contribution in [2.75, 3.05) is 7.11 Å². The van der Waals surface area contributed by atoms with E-state index in [-0.39, 0.29) is 5.78 Å². The fraction of sp³-hybridized carbons (Fsp3) is 0.300. The Morgan fingerprint density at radius 3 is 2.64 bits per heavy atom. The van der Waals surface area contributed by atoms with E-state index >= 15 is 0 Å². The molecule has 0 aliphatic heterocycles. The van der Waals surface area contributed by atoms with Gasteiger partial charge in [-0.1, -0.05) is 22.0 Å². The van der Waals surface area contributed by atoms with E-state index in [0.717, 1.165) is 0 Å². The van der Waals surface area contributed by atoms with Crippen LogP contribution in [0.15, 0.2) is 18.2 Å². The molecule has 76 valence electrons. The molecule has 0 heterocycles. The Bertz CT molecular complexity index is 352. The molecule has 0 aliphatic rings. The molecule has 4 heteroatoms. The predicted octanol–water partition coefficient (Wildman–Crippen LogP) is 2.86. The Balaban J connectivity index is 3.05. The summed E-state index contributed by atoms with van der Waals surface area (Å²) in [5.41, 5.74) is 0.332. The smallest absolute Gasteiger partial charge is 0.147 e. The fourth-order valence-electron chi connectivity index (χ4n) is 1.06. The molecule has 0 amide bonds. The van der Waals surface area contributed by atoms with Crippen molar-refractivity contribution in [2.24, 2.45) is 0 Å². The zero-order valence-electron chi connectivity index (χ0n) is 7.88. The van der Waals surface area contributed by atoms with Gasteiger partial charge in [-0.05, 0) is 13.0 Å². The van der Waals surface area contributed by atoms with E-state index in [9.17, 15) is 9.18 Å². The first-order chi connectivity index (χ1) is 6.56.